The van der Waals surface area contributed by atoms with Crippen molar-refractivity contribution in [3.63, 3.8) is 0 Å². The van der Waals surface area contributed by atoms with E-state index in [1.165, 1.54) is 5.56 Å². The van der Waals surface area contributed by atoms with E-state index in [1.54, 1.807) is 6.20 Å². The third-order valence-corrected chi connectivity index (χ3v) is 10.6. The Bertz CT molecular complexity index is 2970. The van der Waals surface area contributed by atoms with Gasteiger partial charge in [0.1, 0.15) is 0 Å². The van der Waals surface area contributed by atoms with Gasteiger partial charge in [-0.3, -0.25) is 4.98 Å². The highest BCUT2D eigenvalue weighted by molar-refractivity contribution is 5.78. The molecule has 4 heterocycles. The molecule has 5 nitrogen and oxygen atoms in total. The number of benzene rings is 6. The highest BCUT2D eigenvalue weighted by atomic mass is 14.9. The van der Waals surface area contributed by atoms with Crippen LogP contribution in [0.4, 0.5) is 0 Å². The highest BCUT2D eigenvalue weighted by Crippen LogP contribution is 2.33. The van der Waals surface area contributed by atoms with Crippen molar-refractivity contribution in [1.29, 1.82) is 0 Å². The Kier molecular flexibility index (Phi) is 9.88. The number of pyridine rings is 3. The van der Waals surface area contributed by atoms with E-state index in [9.17, 15) is 0 Å². The third-order valence-electron chi connectivity index (χ3n) is 10.6. The SMILES string of the molecule is c1ccc(-c2ccc(-c3nc(-c4ccccc4)cc(-c4ccc(-c5ccc(-c6cccc(-c7cc(-c8ccccc8)cc(-c8ccccn8)n7)n6)cc5)cc4)n3)cc2)cc1. The fourth-order valence-electron chi connectivity index (χ4n) is 7.43. The molecule has 0 bridgehead atoms. The first-order chi connectivity index (χ1) is 29.7. The molecule has 282 valence electrons. The lowest BCUT2D eigenvalue weighted by molar-refractivity contribution is 1.18. The molecule has 0 aliphatic rings. The zero-order valence-electron chi connectivity index (χ0n) is 32.6. The Morgan fingerprint density at radius 2 is 0.583 bits per heavy atom. The quantitative estimate of drug-likeness (QED) is 0.146. The number of rotatable bonds is 9. The smallest absolute Gasteiger partial charge is 0.160 e. The minimum Gasteiger partial charge on any atom is -0.255 e. The maximum atomic E-state index is 5.11. The molecule has 0 aliphatic heterocycles. The molecule has 4 aromatic heterocycles. The molecule has 0 spiro atoms. The first kappa shape index (κ1) is 36.2. The van der Waals surface area contributed by atoms with Gasteiger partial charge in [-0.25, -0.2) is 19.9 Å². The topological polar surface area (TPSA) is 64.5 Å². The fraction of sp³-hybridized carbons (Fsp3) is 0. The van der Waals surface area contributed by atoms with Crippen LogP contribution in [0.2, 0.25) is 0 Å². The maximum Gasteiger partial charge on any atom is 0.160 e. The second-order valence-electron chi connectivity index (χ2n) is 14.5. The van der Waals surface area contributed by atoms with E-state index in [0.717, 1.165) is 89.9 Å². The summed E-state index contributed by atoms with van der Waals surface area (Å²) < 4.78 is 0. The van der Waals surface area contributed by atoms with Gasteiger partial charge in [0, 0.05) is 28.5 Å². The predicted octanol–water partition coefficient (Wildman–Crippen LogP) is 13.7. The molecule has 10 rings (SSSR count). The van der Waals surface area contributed by atoms with Crippen LogP contribution in [0.25, 0.3) is 101 Å². The molecule has 0 amide bonds. The van der Waals surface area contributed by atoms with Crippen molar-refractivity contribution < 1.29 is 0 Å². The fourth-order valence-corrected chi connectivity index (χ4v) is 7.43. The van der Waals surface area contributed by atoms with Crippen LogP contribution in [0.15, 0.2) is 225 Å². The summed E-state index contributed by atoms with van der Waals surface area (Å²) >= 11 is 0. The lowest BCUT2D eigenvalue weighted by Crippen LogP contribution is -1.96. The number of hydrogen-bond acceptors (Lipinski definition) is 5. The van der Waals surface area contributed by atoms with Gasteiger partial charge < -0.3 is 0 Å². The molecule has 0 radical (unpaired) electrons. The van der Waals surface area contributed by atoms with Crippen LogP contribution in [0.5, 0.6) is 0 Å². The van der Waals surface area contributed by atoms with Gasteiger partial charge >= 0.3 is 0 Å². The van der Waals surface area contributed by atoms with Crippen LogP contribution in [-0.4, -0.2) is 24.9 Å². The van der Waals surface area contributed by atoms with Crippen molar-refractivity contribution in [1.82, 2.24) is 24.9 Å². The minimum absolute atomic E-state index is 0.691. The Morgan fingerprint density at radius 1 is 0.200 bits per heavy atom. The number of aromatic nitrogens is 5. The van der Waals surface area contributed by atoms with Gasteiger partial charge in [-0.05, 0) is 75.8 Å². The highest BCUT2D eigenvalue weighted by Gasteiger charge is 2.14. The molecule has 0 saturated heterocycles. The first-order valence-corrected chi connectivity index (χ1v) is 20.0. The second-order valence-corrected chi connectivity index (χ2v) is 14.5. The normalized spacial score (nSPS) is 11.0. The molecule has 0 N–H and O–H groups in total. The van der Waals surface area contributed by atoms with Crippen molar-refractivity contribution in [3.8, 4) is 101 Å². The monoisotopic (exact) mass is 767 g/mol. The van der Waals surface area contributed by atoms with Crippen molar-refractivity contribution in [2.45, 2.75) is 0 Å². The first-order valence-electron chi connectivity index (χ1n) is 20.0. The van der Waals surface area contributed by atoms with Crippen LogP contribution in [0, 0.1) is 0 Å². The molecule has 0 aliphatic carbocycles. The van der Waals surface area contributed by atoms with Crippen molar-refractivity contribution in [2.24, 2.45) is 0 Å². The molecule has 0 atom stereocenters. The Hall–Kier alpha value is -8.15. The van der Waals surface area contributed by atoms with E-state index in [4.69, 9.17) is 19.9 Å². The van der Waals surface area contributed by atoms with Gasteiger partial charge in [0.15, 0.2) is 5.82 Å². The van der Waals surface area contributed by atoms with E-state index in [0.29, 0.717) is 5.82 Å². The van der Waals surface area contributed by atoms with E-state index < -0.39 is 0 Å². The molecule has 5 heteroatoms. The van der Waals surface area contributed by atoms with Crippen LogP contribution < -0.4 is 0 Å². The largest absolute Gasteiger partial charge is 0.255 e. The lowest BCUT2D eigenvalue weighted by atomic mass is 9.99. The van der Waals surface area contributed by atoms with E-state index in [1.807, 2.05) is 66.7 Å². The van der Waals surface area contributed by atoms with Crippen molar-refractivity contribution in [3.05, 3.63) is 225 Å². The van der Waals surface area contributed by atoms with E-state index in [2.05, 4.69) is 157 Å². The van der Waals surface area contributed by atoms with Crippen LogP contribution in [0.1, 0.15) is 0 Å². The van der Waals surface area contributed by atoms with E-state index in [-0.39, 0.29) is 0 Å². The van der Waals surface area contributed by atoms with Crippen molar-refractivity contribution in [2.75, 3.05) is 0 Å². The third kappa shape index (κ3) is 7.76. The Morgan fingerprint density at radius 3 is 1.13 bits per heavy atom. The summed E-state index contributed by atoms with van der Waals surface area (Å²) in [4.78, 5) is 24.9. The molecule has 0 saturated carbocycles. The maximum absolute atomic E-state index is 5.11. The molecule has 0 unspecified atom stereocenters. The van der Waals surface area contributed by atoms with Gasteiger partial charge in [-0.15, -0.1) is 0 Å². The second kappa shape index (κ2) is 16.4. The molecular formula is C55H37N5. The summed E-state index contributed by atoms with van der Waals surface area (Å²) in [5, 5.41) is 0. The standard InChI is InChI=1S/C55H37N5/c1-4-13-38(14-5-1)40-26-32-46(33-27-40)55-59-51(43-17-8-3-9-18-43)37-52(60-55)45-30-24-42(25-31-45)41-22-28-44(29-23-41)48-20-12-21-50(57-48)54-36-47(39-15-6-2-7-16-39)35-53(58-54)49-19-10-11-34-56-49/h1-37H. The number of hydrogen-bond donors (Lipinski definition) is 0. The number of nitrogens with zero attached hydrogens (tertiary/aromatic N) is 5. The van der Waals surface area contributed by atoms with Gasteiger partial charge in [0.05, 0.1) is 39.9 Å². The Labute approximate surface area is 349 Å². The molecule has 0 fully saturated rings. The zero-order chi connectivity index (χ0) is 40.1. The minimum atomic E-state index is 0.691. The van der Waals surface area contributed by atoms with Crippen LogP contribution in [0.3, 0.4) is 0 Å². The summed E-state index contributed by atoms with van der Waals surface area (Å²) in [6.07, 6.45) is 1.80. The molecule has 10 aromatic rings. The average molecular weight is 768 g/mol. The Balaban J connectivity index is 0.927. The van der Waals surface area contributed by atoms with Gasteiger partial charge in [0.2, 0.25) is 0 Å². The summed E-state index contributed by atoms with van der Waals surface area (Å²) in [5.41, 5.74) is 16.7. The average Bonchev–Trinajstić information content (AvgIpc) is 3.35. The summed E-state index contributed by atoms with van der Waals surface area (Å²) in [6, 6.07) is 75.0. The van der Waals surface area contributed by atoms with E-state index >= 15 is 0 Å². The summed E-state index contributed by atoms with van der Waals surface area (Å²) in [7, 11) is 0. The van der Waals surface area contributed by atoms with Gasteiger partial charge in [-0.2, -0.15) is 0 Å². The lowest BCUT2D eigenvalue weighted by Gasteiger charge is -2.11. The predicted molar refractivity (Wildman–Crippen MR) is 244 cm³/mol. The van der Waals surface area contributed by atoms with Crippen molar-refractivity contribution >= 4 is 0 Å². The van der Waals surface area contributed by atoms with Gasteiger partial charge in [0.25, 0.3) is 0 Å². The molecule has 6 aromatic carbocycles. The molecule has 60 heavy (non-hydrogen) atoms. The van der Waals surface area contributed by atoms with Crippen LogP contribution in [-0.2, 0) is 0 Å². The van der Waals surface area contributed by atoms with Gasteiger partial charge in [-0.1, -0.05) is 176 Å². The van der Waals surface area contributed by atoms with Crippen LogP contribution >= 0.6 is 0 Å². The molecular weight excluding hydrogens is 731 g/mol. The summed E-state index contributed by atoms with van der Waals surface area (Å²) in [5.74, 6) is 0.691. The summed E-state index contributed by atoms with van der Waals surface area (Å²) in [6.45, 7) is 0. The zero-order valence-corrected chi connectivity index (χ0v) is 32.6.